The van der Waals surface area contributed by atoms with E-state index in [2.05, 4.69) is 38.8 Å². The van der Waals surface area contributed by atoms with Crippen LogP contribution in [0.5, 0.6) is 5.75 Å². The fourth-order valence-corrected chi connectivity index (χ4v) is 4.82. The Kier molecular flexibility index (Phi) is 10.9. The van der Waals surface area contributed by atoms with Gasteiger partial charge in [-0.25, -0.2) is 4.99 Å². The topological polar surface area (TPSA) is 104 Å². The lowest BCUT2D eigenvalue weighted by atomic mass is 10.1. The van der Waals surface area contributed by atoms with E-state index in [4.69, 9.17) is 16.3 Å². The summed E-state index contributed by atoms with van der Waals surface area (Å²) in [5.41, 5.74) is 1.47. The highest BCUT2D eigenvalue weighted by Gasteiger charge is 2.25. The highest BCUT2D eigenvalue weighted by molar-refractivity contribution is 6.31. The fourth-order valence-electron chi connectivity index (χ4n) is 4.65. The van der Waals surface area contributed by atoms with Gasteiger partial charge in [0, 0.05) is 61.9 Å². The number of halogens is 3. The molecule has 1 aliphatic heterocycles. The SMILES string of the molecule is C=C/C=N\C(NC)=C(\C=C)C(=O)Nc1cn(CC(=O)N2CCN(c3ccccc3)CC2)nc1-c1cc(Cl)ccc1OC(F)F. The molecule has 1 aliphatic rings. The number of anilines is 2. The first-order chi connectivity index (χ1) is 21.2. The molecule has 1 aromatic heterocycles. The van der Waals surface area contributed by atoms with Crippen LogP contribution in [0.1, 0.15) is 0 Å². The number of para-hydroxylation sites is 1. The van der Waals surface area contributed by atoms with Gasteiger partial charge in [-0.1, -0.05) is 55.1 Å². The third-order valence-corrected chi connectivity index (χ3v) is 6.96. The number of piperazine rings is 1. The predicted octanol–water partition coefficient (Wildman–Crippen LogP) is 4.97. The maximum atomic E-state index is 13.4. The summed E-state index contributed by atoms with van der Waals surface area (Å²) < 4.78 is 32.6. The van der Waals surface area contributed by atoms with E-state index in [9.17, 15) is 18.4 Å². The van der Waals surface area contributed by atoms with E-state index in [-0.39, 0.29) is 51.6 Å². The molecule has 3 aromatic rings. The normalized spacial score (nSPS) is 13.9. The van der Waals surface area contributed by atoms with Crippen LogP contribution in [0, 0.1) is 0 Å². The number of carbonyl (C=O) groups is 2. The molecular weight excluding hydrogens is 592 g/mol. The zero-order valence-corrected chi connectivity index (χ0v) is 24.8. The highest BCUT2D eigenvalue weighted by atomic mass is 35.5. The number of hydrogen-bond acceptors (Lipinski definition) is 7. The maximum Gasteiger partial charge on any atom is 0.387 e. The molecule has 2 heterocycles. The number of alkyl halides is 2. The number of aliphatic imine (C=N–C) groups is 1. The molecule has 0 atom stereocenters. The molecule has 0 bridgehead atoms. The number of hydrogen-bond donors (Lipinski definition) is 2. The second-order valence-electron chi connectivity index (χ2n) is 9.50. The molecule has 0 saturated carbocycles. The van der Waals surface area contributed by atoms with Crippen molar-refractivity contribution in [2.45, 2.75) is 13.2 Å². The van der Waals surface area contributed by atoms with E-state index >= 15 is 0 Å². The number of nitrogens with zero attached hydrogens (tertiary/aromatic N) is 5. The van der Waals surface area contributed by atoms with E-state index in [1.807, 2.05) is 30.3 Å². The highest BCUT2D eigenvalue weighted by Crippen LogP contribution is 2.37. The summed E-state index contributed by atoms with van der Waals surface area (Å²) in [5.74, 6) is -0.809. The van der Waals surface area contributed by atoms with Crippen LogP contribution in [0.15, 0.2) is 96.4 Å². The Balaban J connectivity index is 1.64. The summed E-state index contributed by atoms with van der Waals surface area (Å²) >= 11 is 6.21. The van der Waals surface area contributed by atoms with Gasteiger partial charge in [-0.3, -0.25) is 14.3 Å². The number of amides is 2. The number of allylic oxidation sites excluding steroid dienone is 1. The van der Waals surface area contributed by atoms with E-state index in [1.54, 1.807) is 11.9 Å². The molecule has 1 saturated heterocycles. The zero-order chi connectivity index (χ0) is 31.6. The molecule has 44 heavy (non-hydrogen) atoms. The predicted molar refractivity (Wildman–Crippen MR) is 168 cm³/mol. The van der Waals surface area contributed by atoms with E-state index < -0.39 is 12.5 Å². The quantitative estimate of drug-likeness (QED) is 0.168. The van der Waals surface area contributed by atoms with E-state index in [0.29, 0.717) is 26.2 Å². The lowest BCUT2D eigenvalue weighted by molar-refractivity contribution is -0.132. The van der Waals surface area contributed by atoms with Gasteiger partial charge in [0.1, 0.15) is 23.8 Å². The number of carbonyl (C=O) groups excluding carboxylic acids is 2. The molecule has 0 spiro atoms. The van der Waals surface area contributed by atoms with E-state index in [0.717, 1.165) is 5.69 Å². The third kappa shape index (κ3) is 7.90. The lowest BCUT2D eigenvalue weighted by Gasteiger charge is -2.36. The van der Waals surface area contributed by atoms with Gasteiger partial charge in [0.25, 0.3) is 5.91 Å². The lowest BCUT2D eigenvalue weighted by Crippen LogP contribution is -2.49. The van der Waals surface area contributed by atoms with Crippen LogP contribution in [-0.2, 0) is 16.1 Å². The summed E-state index contributed by atoms with van der Waals surface area (Å²) in [7, 11) is 1.58. The zero-order valence-electron chi connectivity index (χ0n) is 24.1. The summed E-state index contributed by atoms with van der Waals surface area (Å²) in [6.45, 7) is 6.35. The molecule has 1 fully saturated rings. The Morgan fingerprint density at radius 1 is 1.14 bits per heavy atom. The van der Waals surface area contributed by atoms with Gasteiger partial charge in [-0.15, -0.1) is 0 Å². The standard InChI is InChI=1S/C31H32ClF2N7O3/c1-4-13-36-29(35-3)23(5-2)30(43)37-25-19-41(38-28(25)24-18-21(32)11-12-26(24)44-31(33)34)20-27(42)40-16-14-39(15-17-40)22-9-7-6-8-10-22/h4-13,18-19,31,35H,1-2,14-17,20H2,3H3,(H,37,43)/b29-23-,36-13-. The minimum atomic E-state index is -3.12. The number of ether oxygens (including phenoxy) is 1. The van der Waals surface area contributed by atoms with E-state index in [1.165, 1.54) is 47.4 Å². The molecule has 230 valence electrons. The van der Waals surface area contributed by atoms with Gasteiger partial charge in [0.15, 0.2) is 0 Å². The molecule has 13 heteroatoms. The average molecular weight is 624 g/mol. The molecule has 2 aromatic carbocycles. The molecule has 2 amide bonds. The first kappa shape index (κ1) is 32.0. The second kappa shape index (κ2) is 15.0. The first-order valence-corrected chi connectivity index (χ1v) is 14.0. The Bertz CT molecular complexity index is 1570. The molecular formula is C31H32ClF2N7O3. The molecule has 4 rings (SSSR count). The van der Waals surface area contributed by atoms with Crippen molar-refractivity contribution in [1.29, 1.82) is 0 Å². The van der Waals surface area contributed by atoms with Crippen LogP contribution >= 0.6 is 11.6 Å². The van der Waals surface area contributed by atoms with Crippen molar-refractivity contribution < 1.29 is 23.1 Å². The van der Waals surface area contributed by atoms with Crippen LogP contribution in [-0.4, -0.2) is 72.5 Å². The van der Waals surface area contributed by atoms with Gasteiger partial charge in [-0.05, 0) is 30.3 Å². The smallest absolute Gasteiger partial charge is 0.387 e. The van der Waals surface area contributed by atoms with Gasteiger partial charge in [0.2, 0.25) is 5.91 Å². The molecule has 0 radical (unpaired) electrons. The van der Waals surface area contributed by atoms with Crippen molar-refractivity contribution in [3.8, 4) is 17.0 Å². The first-order valence-electron chi connectivity index (χ1n) is 13.6. The Hall–Kier alpha value is -4.97. The largest absolute Gasteiger partial charge is 0.434 e. The maximum absolute atomic E-state index is 13.4. The van der Waals surface area contributed by atoms with Crippen molar-refractivity contribution in [3.05, 3.63) is 96.5 Å². The van der Waals surface area contributed by atoms with Crippen LogP contribution in [0.25, 0.3) is 11.3 Å². The molecule has 0 unspecified atom stereocenters. The number of rotatable bonds is 12. The molecule has 10 nitrogen and oxygen atoms in total. The van der Waals surface area contributed by atoms with Gasteiger partial charge in [0.05, 0.1) is 11.3 Å². The van der Waals surface area contributed by atoms with Crippen molar-refractivity contribution in [3.63, 3.8) is 0 Å². The molecule has 0 aliphatic carbocycles. The Morgan fingerprint density at radius 3 is 2.50 bits per heavy atom. The fraction of sp³-hybridized carbons (Fsp3) is 0.226. The number of nitrogens with one attached hydrogen (secondary N) is 2. The van der Waals surface area contributed by atoms with Crippen LogP contribution in [0.4, 0.5) is 20.2 Å². The van der Waals surface area contributed by atoms with Crippen LogP contribution in [0.3, 0.4) is 0 Å². The Labute approximate surface area is 259 Å². The van der Waals surface area contributed by atoms with Crippen molar-refractivity contribution in [1.82, 2.24) is 20.0 Å². The van der Waals surface area contributed by atoms with Gasteiger partial charge >= 0.3 is 6.61 Å². The van der Waals surface area contributed by atoms with Crippen LogP contribution in [0.2, 0.25) is 5.02 Å². The molecule has 2 N–H and O–H groups in total. The second-order valence-corrected chi connectivity index (χ2v) is 9.93. The monoisotopic (exact) mass is 623 g/mol. The van der Waals surface area contributed by atoms with Gasteiger partial charge < -0.3 is 25.2 Å². The summed E-state index contributed by atoms with van der Waals surface area (Å²) in [6, 6.07) is 14.0. The van der Waals surface area contributed by atoms with Crippen molar-refractivity contribution >= 4 is 41.0 Å². The number of benzene rings is 2. The van der Waals surface area contributed by atoms with Crippen molar-refractivity contribution in [2.24, 2.45) is 4.99 Å². The minimum absolute atomic E-state index is 0.0715. The van der Waals surface area contributed by atoms with Gasteiger partial charge in [-0.2, -0.15) is 13.9 Å². The summed E-state index contributed by atoms with van der Waals surface area (Å²) in [6.07, 6.45) is 5.61. The number of aromatic nitrogens is 2. The average Bonchev–Trinajstić information content (AvgIpc) is 3.41. The van der Waals surface area contributed by atoms with Crippen LogP contribution < -0.4 is 20.3 Å². The Morgan fingerprint density at radius 2 is 1.86 bits per heavy atom. The third-order valence-electron chi connectivity index (χ3n) is 6.72. The summed E-state index contributed by atoms with van der Waals surface area (Å²) in [4.78, 5) is 34.8. The van der Waals surface area contributed by atoms with Crippen molar-refractivity contribution in [2.75, 3.05) is 43.4 Å². The summed E-state index contributed by atoms with van der Waals surface area (Å²) in [5, 5.41) is 10.3. The minimum Gasteiger partial charge on any atom is -0.434 e.